The second-order valence-corrected chi connectivity index (χ2v) is 6.16. The van der Waals surface area contributed by atoms with E-state index in [0.29, 0.717) is 25.1 Å². The molecule has 0 unspecified atom stereocenters. The lowest BCUT2D eigenvalue weighted by Gasteiger charge is -2.18. The lowest BCUT2D eigenvalue weighted by Crippen LogP contribution is -2.37. The number of halogens is 1. The van der Waals surface area contributed by atoms with Crippen molar-refractivity contribution in [1.82, 2.24) is 10.2 Å². The van der Waals surface area contributed by atoms with Crippen LogP contribution in [0.15, 0.2) is 53.4 Å². The lowest BCUT2D eigenvalue weighted by molar-refractivity contribution is 0.207. The second kappa shape index (κ2) is 8.58. The van der Waals surface area contributed by atoms with Crippen molar-refractivity contribution in [1.29, 1.82) is 0 Å². The molecular weight excluding hydrogens is 311 g/mol. The summed E-state index contributed by atoms with van der Waals surface area (Å²) in [4.78, 5) is 14.9. The van der Waals surface area contributed by atoms with Gasteiger partial charge in [0.25, 0.3) is 0 Å². The first-order valence-electron chi connectivity index (χ1n) is 7.45. The normalized spacial score (nSPS) is 10.4. The van der Waals surface area contributed by atoms with Crippen LogP contribution in [-0.4, -0.2) is 30.8 Å². The number of carbonyl (C=O) groups is 1. The quantitative estimate of drug-likeness (QED) is 0.813. The summed E-state index contributed by atoms with van der Waals surface area (Å²) in [5, 5.41) is 2.82. The van der Waals surface area contributed by atoms with Crippen molar-refractivity contribution in [3.63, 3.8) is 0 Å². The number of rotatable bonds is 6. The number of nitrogens with zero attached hydrogens (tertiary/aromatic N) is 1. The van der Waals surface area contributed by atoms with E-state index in [9.17, 15) is 9.18 Å². The summed E-state index contributed by atoms with van der Waals surface area (Å²) in [6, 6.07) is 14.6. The Bertz CT molecular complexity index is 646. The van der Waals surface area contributed by atoms with E-state index in [1.807, 2.05) is 30.5 Å². The Balaban J connectivity index is 1.79. The number of hydrogen-bond acceptors (Lipinski definition) is 2. The van der Waals surface area contributed by atoms with E-state index in [0.717, 1.165) is 5.56 Å². The molecular formula is C18H21FN2OS. The summed E-state index contributed by atoms with van der Waals surface area (Å²) < 4.78 is 13.5. The molecule has 0 heterocycles. The molecule has 0 radical (unpaired) electrons. The Labute approximate surface area is 140 Å². The molecule has 1 N–H and O–H groups in total. The first kappa shape index (κ1) is 17.3. The van der Waals surface area contributed by atoms with Crippen LogP contribution >= 0.6 is 11.8 Å². The maximum Gasteiger partial charge on any atom is 0.317 e. The molecule has 2 aromatic rings. The van der Waals surface area contributed by atoms with Gasteiger partial charge < -0.3 is 10.2 Å². The molecule has 0 aliphatic rings. The molecule has 0 atom stereocenters. The van der Waals surface area contributed by atoms with Crippen molar-refractivity contribution in [3.8, 4) is 0 Å². The molecule has 5 heteroatoms. The third-order valence-electron chi connectivity index (χ3n) is 3.55. The number of carbonyl (C=O) groups excluding carboxylic acids is 1. The van der Waals surface area contributed by atoms with Gasteiger partial charge in [0.05, 0.1) is 0 Å². The van der Waals surface area contributed by atoms with Crippen molar-refractivity contribution < 1.29 is 9.18 Å². The molecule has 3 nitrogen and oxygen atoms in total. The minimum Gasteiger partial charge on any atom is -0.338 e. The van der Waals surface area contributed by atoms with Gasteiger partial charge in [-0.3, -0.25) is 0 Å². The largest absolute Gasteiger partial charge is 0.338 e. The van der Waals surface area contributed by atoms with Crippen LogP contribution in [0.25, 0.3) is 0 Å². The van der Waals surface area contributed by atoms with Crippen LogP contribution < -0.4 is 5.32 Å². The zero-order chi connectivity index (χ0) is 16.7. The number of thioether (sulfide) groups is 1. The van der Waals surface area contributed by atoms with Crippen LogP contribution in [0.2, 0.25) is 0 Å². The maximum atomic E-state index is 13.5. The molecule has 2 amide bonds. The first-order valence-corrected chi connectivity index (χ1v) is 8.68. The summed E-state index contributed by atoms with van der Waals surface area (Å²) >= 11 is 1.69. The van der Waals surface area contributed by atoms with Gasteiger partial charge in [0.2, 0.25) is 0 Å². The van der Waals surface area contributed by atoms with E-state index < -0.39 is 0 Å². The molecule has 23 heavy (non-hydrogen) atoms. The van der Waals surface area contributed by atoms with E-state index in [1.165, 1.54) is 11.0 Å². The van der Waals surface area contributed by atoms with Gasteiger partial charge in [-0.25, -0.2) is 9.18 Å². The van der Waals surface area contributed by atoms with E-state index in [-0.39, 0.29) is 11.8 Å². The highest BCUT2D eigenvalue weighted by Crippen LogP contribution is 2.15. The molecule has 0 bridgehead atoms. The monoisotopic (exact) mass is 332 g/mol. The molecule has 0 aromatic heterocycles. The highest BCUT2D eigenvalue weighted by Gasteiger charge is 2.09. The average molecular weight is 332 g/mol. The maximum absolute atomic E-state index is 13.5. The Kier molecular flexibility index (Phi) is 6.47. The van der Waals surface area contributed by atoms with Gasteiger partial charge in [-0.1, -0.05) is 30.3 Å². The summed E-state index contributed by atoms with van der Waals surface area (Å²) in [6.07, 6.45) is 2.51. The fraction of sp³-hybridized carbons (Fsp3) is 0.278. The van der Waals surface area contributed by atoms with Gasteiger partial charge in [-0.2, -0.15) is 0 Å². The number of amides is 2. The molecule has 0 fully saturated rings. The predicted octanol–water partition coefficient (Wildman–Crippen LogP) is 3.93. The van der Waals surface area contributed by atoms with Gasteiger partial charge in [-0.15, -0.1) is 11.8 Å². The fourth-order valence-corrected chi connectivity index (χ4v) is 2.63. The van der Waals surface area contributed by atoms with Crippen LogP contribution in [0.1, 0.15) is 11.1 Å². The number of nitrogens with one attached hydrogen (secondary N) is 1. The van der Waals surface area contributed by atoms with Crippen LogP contribution in [0.3, 0.4) is 0 Å². The van der Waals surface area contributed by atoms with E-state index in [1.54, 1.807) is 41.9 Å². The van der Waals surface area contributed by atoms with Gasteiger partial charge >= 0.3 is 6.03 Å². The number of benzene rings is 2. The van der Waals surface area contributed by atoms with Crippen LogP contribution in [0.4, 0.5) is 9.18 Å². The third-order valence-corrected chi connectivity index (χ3v) is 4.30. The average Bonchev–Trinajstić information content (AvgIpc) is 2.57. The molecule has 2 aromatic carbocycles. The van der Waals surface area contributed by atoms with E-state index >= 15 is 0 Å². The predicted molar refractivity (Wildman–Crippen MR) is 93.2 cm³/mol. The molecule has 2 rings (SSSR count). The summed E-state index contributed by atoms with van der Waals surface area (Å²) in [6.45, 7) is 0.954. The molecule has 0 saturated carbocycles. The Hall–Kier alpha value is -2.01. The molecule has 0 spiro atoms. The third kappa shape index (κ3) is 5.28. The summed E-state index contributed by atoms with van der Waals surface area (Å²) in [7, 11) is 1.75. The molecule has 122 valence electrons. The minimum absolute atomic E-state index is 0.157. The molecule has 0 aliphatic heterocycles. The Morgan fingerprint density at radius 1 is 1.17 bits per heavy atom. The van der Waals surface area contributed by atoms with Crippen LogP contribution in [0, 0.1) is 5.82 Å². The van der Waals surface area contributed by atoms with E-state index in [2.05, 4.69) is 5.32 Å². The summed E-state index contributed by atoms with van der Waals surface area (Å²) in [5.74, 6) is -0.232. The van der Waals surface area contributed by atoms with Crippen LogP contribution in [-0.2, 0) is 13.0 Å². The number of hydrogen-bond donors (Lipinski definition) is 1. The Morgan fingerprint density at radius 2 is 1.87 bits per heavy atom. The fourth-order valence-electron chi connectivity index (χ4n) is 2.22. The second-order valence-electron chi connectivity index (χ2n) is 5.28. The van der Waals surface area contributed by atoms with Crippen molar-refractivity contribution in [2.75, 3.05) is 19.8 Å². The standard InChI is InChI=1S/C18H21FN2OS/c1-21(13-14-7-9-16(23-2)10-8-14)18(22)20-12-11-15-5-3-4-6-17(15)19/h3-10H,11-13H2,1-2H3,(H,20,22). The smallest absolute Gasteiger partial charge is 0.317 e. The van der Waals surface area contributed by atoms with Gasteiger partial charge in [0.15, 0.2) is 0 Å². The zero-order valence-electron chi connectivity index (χ0n) is 13.4. The first-order chi connectivity index (χ1) is 11.1. The lowest BCUT2D eigenvalue weighted by atomic mass is 10.1. The van der Waals surface area contributed by atoms with Gasteiger partial charge in [0, 0.05) is 25.0 Å². The van der Waals surface area contributed by atoms with Gasteiger partial charge in [0.1, 0.15) is 5.82 Å². The van der Waals surface area contributed by atoms with Crippen molar-refractivity contribution in [2.24, 2.45) is 0 Å². The highest BCUT2D eigenvalue weighted by atomic mass is 32.2. The molecule has 0 saturated heterocycles. The topological polar surface area (TPSA) is 32.3 Å². The van der Waals surface area contributed by atoms with Crippen molar-refractivity contribution in [2.45, 2.75) is 17.9 Å². The number of urea groups is 1. The van der Waals surface area contributed by atoms with Gasteiger partial charge in [-0.05, 0) is 42.0 Å². The summed E-state index contributed by atoms with van der Waals surface area (Å²) in [5.41, 5.74) is 1.69. The van der Waals surface area contributed by atoms with Crippen LogP contribution in [0.5, 0.6) is 0 Å². The van der Waals surface area contributed by atoms with Crippen molar-refractivity contribution in [3.05, 3.63) is 65.5 Å². The van der Waals surface area contributed by atoms with E-state index in [4.69, 9.17) is 0 Å². The van der Waals surface area contributed by atoms with Crippen molar-refractivity contribution >= 4 is 17.8 Å². The highest BCUT2D eigenvalue weighted by molar-refractivity contribution is 7.98. The Morgan fingerprint density at radius 3 is 2.52 bits per heavy atom. The molecule has 0 aliphatic carbocycles. The minimum atomic E-state index is -0.232. The zero-order valence-corrected chi connectivity index (χ0v) is 14.2. The SMILES string of the molecule is CSc1ccc(CN(C)C(=O)NCCc2ccccc2F)cc1.